The van der Waals surface area contributed by atoms with Gasteiger partial charge < -0.3 is 8.92 Å². The topological polar surface area (TPSA) is 82.0 Å². The molecule has 34 heavy (non-hydrogen) atoms. The van der Waals surface area contributed by atoms with Crippen LogP contribution in [-0.4, -0.2) is 20.3 Å². The lowest BCUT2D eigenvalue weighted by molar-refractivity contribution is -0.129. The van der Waals surface area contributed by atoms with Gasteiger partial charge in [0.2, 0.25) is 5.90 Å². The molecule has 0 fully saturated rings. The van der Waals surface area contributed by atoms with E-state index in [-0.39, 0.29) is 22.2 Å². The standard InChI is InChI=1S/C27H19NO5S/c1-18-10-12-20(13-11-18)26-28-24(27(29)32-26)17-22-8-4-5-9-25(22)33-34(30,31)23-15-14-19-6-2-3-7-21(19)16-23/h2-17H,1H3/b24-17+. The van der Waals surface area contributed by atoms with Gasteiger partial charge >= 0.3 is 16.1 Å². The Morgan fingerprint density at radius 3 is 2.35 bits per heavy atom. The van der Waals surface area contributed by atoms with Gasteiger partial charge in [-0.05, 0) is 54.1 Å². The predicted molar refractivity (Wildman–Crippen MR) is 130 cm³/mol. The van der Waals surface area contributed by atoms with E-state index < -0.39 is 16.1 Å². The minimum Gasteiger partial charge on any atom is -0.402 e. The Balaban J connectivity index is 1.47. The van der Waals surface area contributed by atoms with E-state index in [1.807, 2.05) is 55.5 Å². The fourth-order valence-corrected chi connectivity index (χ4v) is 4.53. The van der Waals surface area contributed by atoms with Crippen molar-refractivity contribution in [2.75, 3.05) is 0 Å². The zero-order valence-electron chi connectivity index (χ0n) is 18.1. The van der Waals surface area contributed by atoms with Crippen molar-refractivity contribution in [1.82, 2.24) is 0 Å². The molecule has 0 aromatic heterocycles. The van der Waals surface area contributed by atoms with E-state index in [4.69, 9.17) is 8.92 Å². The highest BCUT2D eigenvalue weighted by molar-refractivity contribution is 7.87. The Hall–Kier alpha value is -4.23. The van der Waals surface area contributed by atoms with Crippen molar-refractivity contribution >= 4 is 38.8 Å². The number of esters is 1. The van der Waals surface area contributed by atoms with Crippen molar-refractivity contribution in [2.45, 2.75) is 11.8 Å². The highest BCUT2D eigenvalue weighted by atomic mass is 32.2. The molecule has 4 aromatic rings. The molecule has 0 aliphatic carbocycles. The number of aryl methyl sites for hydroxylation is 1. The van der Waals surface area contributed by atoms with Gasteiger partial charge in [0.25, 0.3) is 0 Å². The van der Waals surface area contributed by atoms with Gasteiger partial charge in [-0.1, -0.05) is 66.2 Å². The maximum atomic E-state index is 13.0. The van der Waals surface area contributed by atoms with Crippen LogP contribution in [0.3, 0.4) is 0 Å². The smallest absolute Gasteiger partial charge is 0.363 e. The highest BCUT2D eigenvalue weighted by Gasteiger charge is 2.25. The average molecular weight is 470 g/mol. The van der Waals surface area contributed by atoms with Crippen molar-refractivity contribution in [2.24, 2.45) is 4.99 Å². The summed E-state index contributed by atoms with van der Waals surface area (Å²) in [6, 6.07) is 26.2. The van der Waals surface area contributed by atoms with Crippen LogP contribution in [0.2, 0.25) is 0 Å². The molecule has 1 aliphatic heterocycles. The zero-order chi connectivity index (χ0) is 23.7. The lowest BCUT2D eigenvalue weighted by atomic mass is 10.1. The maximum Gasteiger partial charge on any atom is 0.363 e. The highest BCUT2D eigenvalue weighted by Crippen LogP contribution is 2.28. The summed E-state index contributed by atoms with van der Waals surface area (Å²) in [5.41, 5.74) is 2.18. The van der Waals surface area contributed by atoms with Crippen molar-refractivity contribution < 1.29 is 22.1 Å². The fourth-order valence-electron chi connectivity index (χ4n) is 3.54. The summed E-state index contributed by atoms with van der Waals surface area (Å²) in [7, 11) is -4.11. The number of aliphatic imine (C=N–C) groups is 1. The number of hydrogen-bond acceptors (Lipinski definition) is 6. The molecule has 0 bridgehead atoms. The van der Waals surface area contributed by atoms with Crippen molar-refractivity contribution in [3.8, 4) is 5.75 Å². The molecule has 0 spiro atoms. The normalized spacial score (nSPS) is 14.8. The summed E-state index contributed by atoms with van der Waals surface area (Å²) >= 11 is 0. The first-order chi connectivity index (χ1) is 16.4. The number of benzene rings is 4. The van der Waals surface area contributed by atoms with E-state index in [9.17, 15) is 13.2 Å². The number of hydrogen-bond donors (Lipinski definition) is 0. The van der Waals surface area contributed by atoms with Gasteiger partial charge in [0.05, 0.1) is 0 Å². The SMILES string of the molecule is Cc1ccc(C2=N/C(=C/c3ccccc3OS(=O)(=O)c3ccc4ccccc4c3)C(=O)O2)cc1. The van der Waals surface area contributed by atoms with Gasteiger partial charge in [0.1, 0.15) is 10.6 Å². The van der Waals surface area contributed by atoms with Crippen molar-refractivity contribution in [3.63, 3.8) is 0 Å². The quantitative estimate of drug-likeness (QED) is 0.226. The number of rotatable bonds is 5. The van der Waals surface area contributed by atoms with Crippen LogP contribution < -0.4 is 4.18 Å². The van der Waals surface area contributed by atoms with Crippen LogP contribution in [0.15, 0.2) is 107 Å². The van der Waals surface area contributed by atoms with Gasteiger partial charge in [-0.3, -0.25) is 0 Å². The molecule has 0 radical (unpaired) electrons. The number of cyclic esters (lactones) is 1. The first-order valence-corrected chi connectivity index (χ1v) is 11.9. The number of ether oxygens (including phenoxy) is 1. The third kappa shape index (κ3) is 4.33. The molecule has 1 aliphatic rings. The lowest BCUT2D eigenvalue weighted by Gasteiger charge is -2.10. The molecule has 0 amide bonds. The molecule has 4 aromatic carbocycles. The van der Waals surface area contributed by atoms with E-state index in [1.165, 1.54) is 18.2 Å². The predicted octanol–water partition coefficient (Wildman–Crippen LogP) is 5.26. The molecule has 168 valence electrons. The Kier molecular flexibility index (Phi) is 5.47. The van der Waals surface area contributed by atoms with Gasteiger partial charge in [0.15, 0.2) is 5.70 Å². The van der Waals surface area contributed by atoms with Crippen molar-refractivity contribution in [1.29, 1.82) is 0 Å². The van der Waals surface area contributed by atoms with Gasteiger partial charge in [0, 0.05) is 11.1 Å². The lowest BCUT2D eigenvalue weighted by Crippen LogP contribution is -2.10. The second-order valence-electron chi connectivity index (χ2n) is 7.79. The van der Waals surface area contributed by atoms with Crippen LogP contribution in [0, 0.1) is 6.92 Å². The van der Waals surface area contributed by atoms with Crippen molar-refractivity contribution in [3.05, 3.63) is 113 Å². The largest absolute Gasteiger partial charge is 0.402 e. The minimum absolute atomic E-state index is 0.0358. The molecular formula is C27H19NO5S. The third-order valence-electron chi connectivity index (χ3n) is 5.34. The monoisotopic (exact) mass is 469 g/mol. The van der Waals surface area contributed by atoms with E-state index in [2.05, 4.69) is 4.99 Å². The molecule has 1 heterocycles. The zero-order valence-corrected chi connectivity index (χ0v) is 19.0. The second-order valence-corrected chi connectivity index (χ2v) is 9.33. The Morgan fingerprint density at radius 1 is 0.853 bits per heavy atom. The number of carbonyl (C=O) groups excluding carboxylic acids is 1. The summed E-state index contributed by atoms with van der Waals surface area (Å²) in [4.78, 5) is 16.7. The summed E-state index contributed by atoms with van der Waals surface area (Å²) in [6.45, 7) is 1.96. The third-order valence-corrected chi connectivity index (χ3v) is 6.57. The van der Waals surface area contributed by atoms with E-state index in [0.717, 1.165) is 16.3 Å². The van der Waals surface area contributed by atoms with Gasteiger partial charge in [-0.2, -0.15) is 8.42 Å². The molecule has 6 nitrogen and oxygen atoms in total. The molecule has 7 heteroatoms. The van der Waals surface area contributed by atoms with E-state index >= 15 is 0 Å². The first-order valence-electron chi connectivity index (χ1n) is 10.5. The average Bonchev–Trinajstić information content (AvgIpc) is 3.20. The first kappa shape index (κ1) is 21.6. The van der Waals surface area contributed by atoms with Crippen LogP contribution in [0.1, 0.15) is 16.7 Å². The van der Waals surface area contributed by atoms with Gasteiger partial charge in [-0.25, -0.2) is 9.79 Å². The number of nitrogens with zero attached hydrogens (tertiary/aromatic N) is 1. The maximum absolute atomic E-state index is 13.0. The van der Waals surface area contributed by atoms with Crippen LogP contribution in [0.4, 0.5) is 0 Å². The molecule has 0 saturated heterocycles. The summed E-state index contributed by atoms with van der Waals surface area (Å²) in [5.74, 6) is -0.351. The number of para-hydroxylation sites is 1. The van der Waals surface area contributed by atoms with Gasteiger partial charge in [-0.15, -0.1) is 0 Å². The summed E-state index contributed by atoms with van der Waals surface area (Å²) in [5, 5.41) is 1.71. The summed E-state index contributed by atoms with van der Waals surface area (Å²) in [6.07, 6.45) is 1.45. The molecule has 0 atom stereocenters. The number of carbonyl (C=O) groups is 1. The van der Waals surface area contributed by atoms with Crippen LogP contribution in [0.5, 0.6) is 5.75 Å². The molecule has 0 saturated carbocycles. The van der Waals surface area contributed by atoms with E-state index in [1.54, 1.807) is 30.3 Å². The molecular weight excluding hydrogens is 450 g/mol. The Bertz CT molecular complexity index is 1590. The van der Waals surface area contributed by atoms with Crippen LogP contribution in [-0.2, 0) is 19.6 Å². The molecule has 0 N–H and O–H groups in total. The summed E-state index contributed by atoms with van der Waals surface area (Å²) < 4.78 is 36.8. The second kappa shape index (κ2) is 8.61. The van der Waals surface area contributed by atoms with E-state index in [0.29, 0.717) is 11.1 Å². The minimum atomic E-state index is -4.11. The Labute approximate surface area is 196 Å². The van der Waals surface area contributed by atoms with Crippen LogP contribution >= 0.6 is 0 Å². The molecule has 0 unspecified atom stereocenters. The van der Waals surface area contributed by atoms with Crippen LogP contribution in [0.25, 0.3) is 16.8 Å². The Morgan fingerprint density at radius 2 is 1.56 bits per heavy atom. The fraction of sp³-hybridized carbons (Fsp3) is 0.0370. The molecule has 5 rings (SSSR count). The number of fused-ring (bicyclic) bond motifs is 1.